The lowest BCUT2D eigenvalue weighted by Gasteiger charge is -2.27. The molecular formula is C17H34ClN. The molecule has 0 aromatic carbocycles. The van der Waals surface area contributed by atoms with Gasteiger partial charge in [-0.25, -0.2) is 0 Å². The molecule has 0 amide bonds. The lowest BCUT2D eigenvalue weighted by Crippen LogP contribution is -2.25. The van der Waals surface area contributed by atoms with Crippen LogP contribution in [0.3, 0.4) is 0 Å². The fraction of sp³-hybridized carbons (Fsp3) is 1.00. The third kappa shape index (κ3) is 6.99. The van der Waals surface area contributed by atoms with Crippen molar-refractivity contribution in [1.29, 1.82) is 0 Å². The van der Waals surface area contributed by atoms with Crippen molar-refractivity contribution in [2.45, 2.75) is 77.0 Å². The smallest absolute Gasteiger partial charge is 0.00191 e. The van der Waals surface area contributed by atoms with E-state index in [-0.39, 0.29) is 12.4 Å². The number of hydrogen-bond donors (Lipinski definition) is 0. The molecule has 19 heavy (non-hydrogen) atoms. The van der Waals surface area contributed by atoms with Crippen LogP contribution < -0.4 is 0 Å². The van der Waals surface area contributed by atoms with Crippen LogP contribution in [0.1, 0.15) is 77.0 Å². The number of nitrogens with zero attached hydrogens (tertiary/aromatic N) is 1. The summed E-state index contributed by atoms with van der Waals surface area (Å²) in [6.45, 7) is 2.69. The summed E-state index contributed by atoms with van der Waals surface area (Å²) >= 11 is 0. The van der Waals surface area contributed by atoms with Crippen LogP contribution in [0, 0.1) is 11.8 Å². The van der Waals surface area contributed by atoms with E-state index < -0.39 is 0 Å². The Kier molecular flexibility index (Phi) is 9.15. The van der Waals surface area contributed by atoms with Gasteiger partial charge in [0.2, 0.25) is 0 Å². The first-order chi connectivity index (χ1) is 8.84. The molecule has 0 unspecified atom stereocenters. The Labute approximate surface area is 126 Å². The standard InChI is InChI=1S/C17H33N.ClH/c1-18(14-12-16-8-4-2-5-9-16)15-13-17-10-6-3-7-11-17;/h16-17H,2-15H2,1H3;1H. The van der Waals surface area contributed by atoms with Crippen molar-refractivity contribution in [3.05, 3.63) is 0 Å². The molecule has 2 rings (SSSR count). The summed E-state index contributed by atoms with van der Waals surface area (Å²) in [6.07, 6.45) is 17.9. The second-order valence-corrected chi connectivity index (χ2v) is 6.89. The van der Waals surface area contributed by atoms with Gasteiger partial charge in [0.1, 0.15) is 0 Å². The Balaban J connectivity index is 0.00000180. The van der Waals surface area contributed by atoms with Crippen LogP contribution >= 0.6 is 12.4 Å². The number of halogens is 1. The maximum Gasteiger partial charge on any atom is -0.00191 e. The first-order valence-corrected chi connectivity index (χ1v) is 8.53. The molecule has 2 saturated carbocycles. The van der Waals surface area contributed by atoms with Crippen molar-refractivity contribution in [2.24, 2.45) is 11.8 Å². The average molecular weight is 288 g/mol. The maximum absolute atomic E-state index is 2.60. The minimum absolute atomic E-state index is 0. The van der Waals surface area contributed by atoms with Crippen LogP contribution in [-0.2, 0) is 0 Å². The van der Waals surface area contributed by atoms with Gasteiger partial charge in [-0.2, -0.15) is 0 Å². The molecule has 114 valence electrons. The second kappa shape index (κ2) is 10.0. The molecule has 0 saturated heterocycles. The zero-order valence-corrected chi connectivity index (χ0v) is 13.7. The van der Waals surface area contributed by atoms with Gasteiger partial charge in [0.15, 0.2) is 0 Å². The predicted molar refractivity (Wildman–Crippen MR) is 87.1 cm³/mol. The van der Waals surface area contributed by atoms with Gasteiger partial charge in [-0.05, 0) is 44.8 Å². The maximum atomic E-state index is 2.60. The highest BCUT2D eigenvalue weighted by molar-refractivity contribution is 5.85. The molecule has 0 atom stereocenters. The molecule has 0 N–H and O–H groups in total. The summed E-state index contributed by atoms with van der Waals surface area (Å²) in [7, 11) is 2.34. The van der Waals surface area contributed by atoms with Gasteiger partial charge in [0.25, 0.3) is 0 Å². The average Bonchev–Trinajstić information content (AvgIpc) is 2.45. The first-order valence-electron chi connectivity index (χ1n) is 8.53. The molecule has 0 radical (unpaired) electrons. The summed E-state index contributed by atoms with van der Waals surface area (Å²) in [5.74, 6) is 2.10. The van der Waals surface area contributed by atoms with E-state index >= 15 is 0 Å². The minimum Gasteiger partial charge on any atom is -0.306 e. The molecule has 0 aromatic rings. The summed E-state index contributed by atoms with van der Waals surface area (Å²) in [4.78, 5) is 2.60. The van der Waals surface area contributed by atoms with Crippen LogP contribution in [0.5, 0.6) is 0 Å². The SMILES string of the molecule is CN(CCC1CCCCC1)CCC1CCCCC1.Cl. The summed E-state index contributed by atoms with van der Waals surface area (Å²) in [6, 6.07) is 0. The topological polar surface area (TPSA) is 3.24 Å². The molecular weight excluding hydrogens is 254 g/mol. The Hall–Kier alpha value is 0.250. The molecule has 2 fully saturated rings. The lowest BCUT2D eigenvalue weighted by molar-refractivity contribution is 0.236. The van der Waals surface area contributed by atoms with Crippen molar-refractivity contribution < 1.29 is 0 Å². The fourth-order valence-corrected chi connectivity index (χ4v) is 3.87. The van der Waals surface area contributed by atoms with E-state index in [1.54, 1.807) is 0 Å². The fourth-order valence-electron chi connectivity index (χ4n) is 3.87. The van der Waals surface area contributed by atoms with Gasteiger partial charge in [-0.3, -0.25) is 0 Å². The van der Waals surface area contributed by atoms with E-state index in [9.17, 15) is 0 Å². The number of rotatable bonds is 6. The molecule has 2 aliphatic rings. The van der Waals surface area contributed by atoms with Gasteiger partial charge >= 0.3 is 0 Å². The molecule has 2 heteroatoms. The van der Waals surface area contributed by atoms with Gasteiger partial charge in [-0.1, -0.05) is 64.2 Å². The third-order valence-corrected chi connectivity index (χ3v) is 5.29. The van der Waals surface area contributed by atoms with Crippen LogP contribution in [-0.4, -0.2) is 25.0 Å². The second-order valence-electron chi connectivity index (χ2n) is 6.89. The predicted octanol–water partition coefficient (Wildman–Crippen LogP) is 5.28. The molecule has 0 heterocycles. The molecule has 0 aliphatic heterocycles. The van der Waals surface area contributed by atoms with Crippen molar-refractivity contribution in [1.82, 2.24) is 4.90 Å². The molecule has 0 spiro atoms. The highest BCUT2D eigenvalue weighted by Gasteiger charge is 2.16. The monoisotopic (exact) mass is 287 g/mol. The van der Waals surface area contributed by atoms with Crippen LogP contribution in [0.25, 0.3) is 0 Å². The normalized spacial score (nSPS) is 22.4. The lowest BCUT2D eigenvalue weighted by atomic mass is 9.86. The van der Waals surface area contributed by atoms with Crippen LogP contribution in [0.15, 0.2) is 0 Å². The quantitative estimate of drug-likeness (QED) is 0.642. The summed E-state index contributed by atoms with van der Waals surface area (Å²) in [5.41, 5.74) is 0. The molecule has 1 nitrogen and oxygen atoms in total. The van der Waals surface area contributed by atoms with Crippen molar-refractivity contribution >= 4 is 12.4 Å². The first kappa shape index (κ1) is 17.3. The van der Waals surface area contributed by atoms with E-state index in [0.717, 1.165) is 11.8 Å². The highest BCUT2D eigenvalue weighted by Crippen LogP contribution is 2.27. The van der Waals surface area contributed by atoms with Gasteiger partial charge < -0.3 is 4.90 Å². The van der Waals surface area contributed by atoms with Crippen LogP contribution in [0.2, 0.25) is 0 Å². The van der Waals surface area contributed by atoms with Crippen molar-refractivity contribution in [3.63, 3.8) is 0 Å². The van der Waals surface area contributed by atoms with E-state index in [1.807, 2.05) is 0 Å². The zero-order valence-electron chi connectivity index (χ0n) is 12.9. The summed E-state index contributed by atoms with van der Waals surface area (Å²) < 4.78 is 0. The Morgan fingerprint density at radius 3 is 1.42 bits per heavy atom. The van der Waals surface area contributed by atoms with Crippen LogP contribution in [0.4, 0.5) is 0 Å². The molecule has 2 aliphatic carbocycles. The van der Waals surface area contributed by atoms with Crippen molar-refractivity contribution in [2.75, 3.05) is 20.1 Å². The Bertz CT molecular complexity index is 185. The zero-order chi connectivity index (χ0) is 12.6. The van der Waals surface area contributed by atoms with Gasteiger partial charge in [0, 0.05) is 0 Å². The molecule has 0 bridgehead atoms. The Morgan fingerprint density at radius 2 is 1.05 bits per heavy atom. The summed E-state index contributed by atoms with van der Waals surface area (Å²) in [5, 5.41) is 0. The van der Waals surface area contributed by atoms with Gasteiger partial charge in [-0.15, -0.1) is 12.4 Å². The third-order valence-electron chi connectivity index (χ3n) is 5.29. The number of hydrogen-bond acceptors (Lipinski definition) is 1. The minimum atomic E-state index is 0. The Morgan fingerprint density at radius 1 is 0.684 bits per heavy atom. The van der Waals surface area contributed by atoms with E-state index in [2.05, 4.69) is 11.9 Å². The largest absolute Gasteiger partial charge is 0.306 e. The van der Waals surface area contributed by atoms with E-state index in [1.165, 1.54) is 90.1 Å². The van der Waals surface area contributed by atoms with E-state index in [4.69, 9.17) is 0 Å². The molecule has 0 aromatic heterocycles. The van der Waals surface area contributed by atoms with E-state index in [0.29, 0.717) is 0 Å². The highest BCUT2D eigenvalue weighted by atomic mass is 35.5. The van der Waals surface area contributed by atoms with Gasteiger partial charge in [0.05, 0.1) is 0 Å². The van der Waals surface area contributed by atoms with Crippen molar-refractivity contribution in [3.8, 4) is 0 Å².